The van der Waals surface area contributed by atoms with Gasteiger partial charge in [-0.05, 0) is 74.4 Å². The standard InChI is InChI=1S/C46H57N3O9S/c1-5-6-7-8-9-10-11-12-13-18-29-57-39-22-16-14-20-36(39)48-45(50)43(58-40-27-25-35(46(51)52)32-41(40)55-4)44-47-37-21-15-17-23-42(37)59(53,54)49(44)28-19-30-56-38-26-24-33(2)31-34(38)3/h14-17,20-27,31-32,43H,5-13,18-19,28-30H2,1-4H3,(H,48,50)(H,51,52). The van der Waals surface area contributed by atoms with E-state index >= 15 is 0 Å². The second kappa shape index (κ2) is 22.0. The molecule has 1 heterocycles. The number of rotatable bonds is 24. The van der Waals surface area contributed by atoms with Gasteiger partial charge >= 0.3 is 5.97 Å². The number of para-hydroxylation sites is 3. The number of hydrogen-bond acceptors (Lipinski definition) is 9. The molecule has 0 radical (unpaired) electrons. The lowest BCUT2D eigenvalue weighted by Crippen LogP contribution is -2.52. The van der Waals surface area contributed by atoms with E-state index in [0.29, 0.717) is 23.8 Å². The molecule has 0 aliphatic carbocycles. The maximum Gasteiger partial charge on any atom is 0.335 e. The fourth-order valence-corrected chi connectivity index (χ4v) is 8.50. The first-order chi connectivity index (χ1) is 28.5. The normalized spacial score (nSPS) is 13.5. The Bertz CT molecular complexity index is 2170. The Morgan fingerprint density at radius 2 is 1.39 bits per heavy atom. The molecule has 316 valence electrons. The molecule has 4 aromatic rings. The number of anilines is 1. The molecule has 2 N–H and O–H groups in total. The number of fused-ring (bicyclic) bond motifs is 1. The highest BCUT2D eigenvalue weighted by molar-refractivity contribution is 7.90. The maximum atomic E-state index is 14.6. The van der Waals surface area contributed by atoms with Crippen molar-refractivity contribution in [2.24, 2.45) is 4.99 Å². The number of carboxylic acids is 1. The molecule has 0 saturated heterocycles. The summed E-state index contributed by atoms with van der Waals surface area (Å²) in [7, 11) is -2.91. The predicted octanol–water partition coefficient (Wildman–Crippen LogP) is 9.90. The number of nitrogens with one attached hydrogen (secondary N) is 1. The Labute approximate surface area is 348 Å². The fourth-order valence-electron chi connectivity index (χ4n) is 6.88. The lowest BCUT2D eigenvalue weighted by atomic mass is 10.1. The van der Waals surface area contributed by atoms with Crippen LogP contribution in [0.2, 0.25) is 0 Å². The van der Waals surface area contributed by atoms with Crippen molar-refractivity contribution in [2.75, 3.05) is 32.2 Å². The van der Waals surface area contributed by atoms with Crippen LogP contribution in [0.1, 0.15) is 99.0 Å². The lowest BCUT2D eigenvalue weighted by molar-refractivity contribution is -0.120. The van der Waals surface area contributed by atoms with Crippen LogP contribution in [-0.4, -0.2) is 68.5 Å². The van der Waals surface area contributed by atoms with Crippen LogP contribution < -0.4 is 24.3 Å². The van der Waals surface area contributed by atoms with Crippen LogP contribution in [0.5, 0.6) is 23.0 Å². The molecule has 0 spiro atoms. The van der Waals surface area contributed by atoms with Crippen molar-refractivity contribution >= 4 is 39.1 Å². The largest absolute Gasteiger partial charge is 0.493 e. The minimum Gasteiger partial charge on any atom is -0.493 e. The molecule has 4 aromatic carbocycles. The van der Waals surface area contributed by atoms with Gasteiger partial charge in [-0.3, -0.25) is 4.79 Å². The maximum absolute atomic E-state index is 14.6. The number of amidine groups is 1. The topological polar surface area (TPSA) is 153 Å². The zero-order valence-electron chi connectivity index (χ0n) is 34.6. The van der Waals surface area contributed by atoms with Gasteiger partial charge in [0.1, 0.15) is 16.4 Å². The van der Waals surface area contributed by atoms with Gasteiger partial charge in [-0.2, -0.15) is 0 Å². The van der Waals surface area contributed by atoms with E-state index in [1.165, 1.54) is 76.3 Å². The van der Waals surface area contributed by atoms with E-state index in [0.717, 1.165) is 34.7 Å². The average molecular weight is 828 g/mol. The second-order valence-electron chi connectivity index (χ2n) is 14.7. The summed E-state index contributed by atoms with van der Waals surface area (Å²) < 4.78 is 53.9. The molecule has 0 aromatic heterocycles. The number of sulfonamides is 1. The van der Waals surface area contributed by atoms with Gasteiger partial charge in [-0.15, -0.1) is 0 Å². The summed E-state index contributed by atoms with van der Waals surface area (Å²) in [6, 6.07) is 23.1. The number of carboxylic acid groups (broad SMARTS) is 1. The molecule has 13 heteroatoms. The van der Waals surface area contributed by atoms with Crippen molar-refractivity contribution in [1.82, 2.24) is 4.31 Å². The number of carbonyl (C=O) groups excluding carboxylic acids is 1. The van der Waals surface area contributed by atoms with E-state index in [2.05, 4.69) is 12.2 Å². The second-order valence-corrected chi connectivity index (χ2v) is 16.5. The first-order valence-corrected chi connectivity index (χ1v) is 22.0. The number of hydrogen-bond donors (Lipinski definition) is 2. The smallest absolute Gasteiger partial charge is 0.335 e. The first-order valence-electron chi connectivity index (χ1n) is 20.5. The van der Waals surface area contributed by atoms with E-state index < -0.39 is 28.0 Å². The van der Waals surface area contributed by atoms with Crippen molar-refractivity contribution in [3.63, 3.8) is 0 Å². The molecule has 1 aliphatic heterocycles. The summed E-state index contributed by atoms with van der Waals surface area (Å²) in [5.74, 6) is -0.968. The van der Waals surface area contributed by atoms with Crippen LogP contribution in [0.4, 0.5) is 11.4 Å². The highest BCUT2D eigenvalue weighted by Gasteiger charge is 2.42. The average Bonchev–Trinajstić information content (AvgIpc) is 3.22. The number of aromatic carboxylic acids is 1. The van der Waals surface area contributed by atoms with Crippen molar-refractivity contribution in [1.29, 1.82) is 0 Å². The number of nitrogens with zero attached hydrogens (tertiary/aromatic N) is 2. The summed E-state index contributed by atoms with van der Waals surface area (Å²) in [5, 5.41) is 12.5. The van der Waals surface area contributed by atoms with Gasteiger partial charge < -0.3 is 29.4 Å². The Morgan fingerprint density at radius 3 is 2.10 bits per heavy atom. The van der Waals surface area contributed by atoms with Crippen LogP contribution >= 0.6 is 0 Å². The first kappa shape index (κ1) is 44.5. The SMILES string of the molecule is CCCCCCCCCCCCOc1ccccc1NC(=O)C(Oc1ccc(C(=O)O)cc1OC)C1=Nc2ccccc2S(=O)(=O)N1CCCOc1ccc(C)cc1C. The number of amides is 1. The number of aliphatic imine (C=N–C) groups is 1. The Hall–Kier alpha value is -5.56. The van der Waals surface area contributed by atoms with Crippen LogP contribution in [0.25, 0.3) is 0 Å². The third-order valence-electron chi connectivity index (χ3n) is 10.0. The van der Waals surface area contributed by atoms with E-state index in [1.807, 2.05) is 38.1 Å². The molecule has 5 rings (SSSR count). The summed E-state index contributed by atoms with van der Waals surface area (Å²) in [4.78, 5) is 31.1. The molecule has 0 saturated carbocycles. The molecule has 1 amide bonds. The lowest BCUT2D eigenvalue weighted by Gasteiger charge is -2.33. The minimum absolute atomic E-state index is 0.000214. The van der Waals surface area contributed by atoms with E-state index in [1.54, 1.807) is 36.4 Å². The van der Waals surface area contributed by atoms with E-state index in [-0.39, 0.29) is 53.1 Å². The molecule has 1 unspecified atom stereocenters. The van der Waals surface area contributed by atoms with Crippen LogP contribution in [0.3, 0.4) is 0 Å². The number of unbranched alkanes of at least 4 members (excludes halogenated alkanes) is 9. The van der Waals surface area contributed by atoms with Crippen molar-refractivity contribution in [3.8, 4) is 23.0 Å². The summed E-state index contributed by atoms with van der Waals surface area (Å²) >= 11 is 0. The fraction of sp³-hybridized carbons (Fsp3) is 0.413. The number of benzene rings is 4. The van der Waals surface area contributed by atoms with Crippen molar-refractivity contribution in [2.45, 2.75) is 102 Å². The number of methoxy groups -OCH3 is 1. The molecular formula is C46H57N3O9S. The predicted molar refractivity (Wildman–Crippen MR) is 230 cm³/mol. The number of carbonyl (C=O) groups is 2. The number of ether oxygens (including phenoxy) is 4. The monoisotopic (exact) mass is 827 g/mol. The molecule has 1 atom stereocenters. The third kappa shape index (κ3) is 12.2. The molecule has 12 nitrogen and oxygen atoms in total. The zero-order chi connectivity index (χ0) is 42.2. The highest BCUT2D eigenvalue weighted by atomic mass is 32.2. The molecule has 1 aliphatic rings. The van der Waals surface area contributed by atoms with Gasteiger partial charge in [0, 0.05) is 13.0 Å². The number of aryl methyl sites for hydroxylation is 2. The van der Waals surface area contributed by atoms with Crippen LogP contribution in [-0.2, 0) is 14.8 Å². The molecule has 59 heavy (non-hydrogen) atoms. The zero-order valence-corrected chi connectivity index (χ0v) is 35.4. The van der Waals surface area contributed by atoms with Gasteiger partial charge in [0.15, 0.2) is 17.3 Å². The third-order valence-corrected chi connectivity index (χ3v) is 11.9. The highest BCUT2D eigenvalue weighted by Crippen LogP contribution is 2.36. The van der Waals surface area contributed by atoms with Gasteiger partial charge in [0.25, 0.3) is 15.9 Å². The van der Waals surface area contributed by atoms with E-state index in [9.17, 15) is 23.1 Å². The Balaban J connectivity index is 1.39. The Kier molecular flexibility index (Phi) is 16.6. The van der Waals surface area contributed by atoms with Gasteiger partial charge in [-0.1, -0.05) is 107 Å². The van der Waals surface area contributed by atoms with Crippen LogP contribution in [0, 0.1) is 13.8 Å². The van der Waals surface area contributed by atoms with Gasteiger partial charge in [0.2, 0.25) is 6.10 Å². The van der Waals surface area contributed by atoms with Crippen LogP contribution in [0.15, 0.2) is 94.8 Å². The van der Waals surface area contributed by atoms with E-state index in [4.69, 9.17) is 23.9 Å². The van der Waals surface area contributed by atoms with Crippen molar-refractivity contribution < 1.29 is 42.1 Å². The minimum atomic E-state index is -4.25. The Morgan fingerprint density at radius 1 is 0.746 bits per heavy atom. The van der Waals surface area contributed by atoms with Gasteiger partial charge in [0.05, 0.1) is 37.3 Å². The summed E-state index contributed by atoms with van der Waals surface area (Å²) in [6.45, 7) is 6.70. The van der Waals surface area contributed by atoms with Gasteiger partial charge in [-0.25, -0.2) is 22.5 Å². The molecular weight excluding hydrogens is 771 g/mol. The quantitative estimate of drug-likeness (QED) is 0.0658. The summed E-state index contributed by atoms with van der Waals surface area (Å²) in [5.41, 5.74) is 2.48. The molecule has 0 fully saturated rings. The van der Waals surface area contributed by atoms with Crippen molar-refractivity contribution in [3.05, 3.63) is 102 Å². The summed E-state index contributed by atoms with van der Waals surface area (Å²) in [6.07, 6.45) is 10.5. The molecule has 0 bridgehead atoms.